The van der Waals surface area contributed by atoms with Gasteiger partial charge in [-0.2, -0.15) is 5.26 Å². The van der Waals surface area contributed by atoms with Crippen LogP contribution in [0.1, 0.15) is 26.4 Å². The number of benzene rings is 1. The van der Waals surface area contributed by atoms with Crippen molar-refractivity contribution in [3.63, 3.8) is 0 Å². The Kier molecular flexibility index (Phi) is 4.45. The molecule has 2 aromatic rings. The van der Waals surface area contributed by atoms with Crippen LogP contribution in [-0.4, -0.2) is 13.1 Å². The van der Waals surface area contributed by atoms with Gasteiger partial charge in [-0.3, -0.25) is 0 Å². The molecule has 0 unspecified atom stereocenters. The first-order valence-corrected chi connectivity index (χ1v) is 7.08. The number of nitrogens with one attached hydrogen (secondary N) is 1. The summed E-state index contributed by atoms with van der Waals surface area (Å²) < 4.78 is 4.66. The van der Waals surface area contributed by atoms with E-state index in [1.165, 1.54) is 12.7 Å². The zero-order chi connectivity index (χ0) is 15.4. The number of carbonyl (C=O) groups excluding carboxylic acids is 1. The normalized spacial score (nSPS) is 9.95. The van der Waals surface area contributed by atoms with E-state index in [4.69, 9.17) is 5.73 Å². The van der Waals surface area contributed by atoms with E-state index in [0.717, 1.165) is 16.9 Å². The van der Waals surface area contributed by atoms with Gasteiger partial charge < -0.3 is 15.8 Å². The van der Waals surface area contributed by atoms with Crippen molar-refractivity contribution in [1.29, 1.82) is 5.26 Å². The molecule has 0 fully saturated rings. The van der Waals surface area contributed by atoms with Crippen molar-refractivity contribution in [3.8, 4) is 6.07 Å². The maximum Gasteiger partial charge on any atom is 0.350 e. The molecule has 6 heteroatoms. The minimum absolute atomic E-state index is 0.167. The molecule has 0 radical (unpaired) electrons. The summed E-state index contributed by atoms with van der Waals surface area (Å²) in [6.07, 6.45) is 0. The zero-order valence-electron chi connectivity index (χ0n) is 11.8. The average molecular weight is 301 g/mol. The first-order valence-electron chi connectivity index (χ1n) is 6.27. The molecule has 5 nitrogen and oxygen atoms in total. The lowest BCUT2D eigenvalue weighted by Crippen LogP contribution is -2.02. The van der Waals surface area contributed by atoms with E-state index in [1.54, 1.807) is 0 Å². The first kappa shape index (κ1) is 14.9. The van der Waals surface area contributed by atoms with E-state index < -0.39 is 5.97 Å². The third-order valence-corrected chi connectivity index (χ3v) is 4.14. The summed E-state index contributed by atoms with van der Waals surface area (Å²) >= 11 is 1.13. The van der Waals surface area contributed by atoms with Gasteiger partial charge in [0.1, 0.15) is 21.5 Å². The highest BCUT2D eigenvalue weighted by Crippen LogP contribution is 2.35. The quantitative estimate of drug-likeness (QED) is 0.848. The van der Waals surface area contributed by atoms with Gasteiger partial charge in [0, 0.05) is 6.54 Å². The Balaban J connectivity index is 2.22. The number of nitrogens with two attached hydrogens (primary N) is 1. The Morgan fingerprint density at radius 2 is 2.10 bits per heavy atom. The highest BCUT2D eigenvalue weighted by molar-refractivity contribution is 7.18. The summed E-state index contributed by atoms with van der Waals surface area (Å²) in [7, 11) is 1.28. The van der Waals surface area contributed by atoms with Gasteiger partial charge in [-0.1, -0.05) is 29.8 Å². The molecule has 0 bridgehead atoms. The van der Waals surface area contributed by atoms with Crippen LogP contribution >= 0.6 is 11.3 Å². The molecule has 21 heavy (non-hydrogen) atoms. The summed E-state index contributed by atoms with van der Waals surface area (Å²) in [4.78, 5) is 11.8. The van der Waals surface area contributed by atoms with Crippen LogP contribution in [0, 0.1) is 18.3 Å². The monoisotopic (exact) mass is 301 g/mol. The number of methoxy groups -OCH3 is 1. The molecule has 108 valence electrons. The Hall–Kier alpha value is -2.52. The second kappa shape index (κ2) is 6.29. The fraction of sp³-hybridized carbons (Fsp3) is 0.200. The van der Waals surface area contributed by atoms with Crippen molar-refractivity contribution in [2.75, 3.05) is 18.2 Å². The van der Waals surface area contributed by atoms with Gasteiger partial charge in [0.25, 0.3) is 0 Å². The van der Waals surface area contributed by atoms with Gasteiger partial charge in [-0.15, -0.1) is 11.3 Å². The summed E-state index contributed by atoms with van der Waals surface area (Å²) in [6.45, 7) is 2.57. The molecule has 0 aliphatic rings. The number of thiophene rings is 1. The molecule has 0 aliphatic heterocycles. The molecule has 1 aromatic heterocycles. The van der Waals surface area contributed by atoms with Crippen LogP contribution < -0.4 is 11.1 Å². The van der Waals surface area contributed by atoms with E-state index in [-0.39, 0.29) is 16.1 Å². The minimum atomic E-state index is -0.530. The van der Waals surface area contributed by atoms with E-state index in [0.29, 0.717) is 11.5 Å². The van der Waals surface area contributed by atoms with Gasteiger partial charge in [0.05, 0.1) is 12.8 Å². The molecule has 0 aliphatic carbocycles. The Bertz CT molecular complexity index is 699. The van der Waals surface area contributed by atoms with Gasteiger partial charge >= 0.3 is 5.97 Å². The summed E-state index contributed by atoms with van der Waals surface area (Å²) in [5.74, 6) is -0.530. The average Bonchev–Trinajstić information content (AvgIpc) is 2.82. The Labute approximate surface area is 127 Å². The fourth-order valence-corrected chi connectivity index (χ4v) is 2.80. The van der Waals surface area contributed by atoms with Crippen LogP contribution in [0.5, 0.6) is 0 Å². The van der Waals surface area contributed by atoms with Gasteiger partial charge in [-0.05, 0) is 12.5 Å². The SMILES string of the molecule is COC(=O)c1sc(NCc2ccc(C)cc2)c(C#N)c1N. The van der Waals surface area contributed by atoms with E-state index in [1.807, 2.05) is 37.3 Å². The van der Waals surface area contributed by atoms with Crippen molar-refractivity contribution in [1.82, 2.24) is 0 Å². The van der Waals surface area contributed by atoms with E-state index in [2.05, 4.69) is 10.1 Å². The van der Waals surface area contributed by atoms with Crippen LogP contribution in [0.25, 0.3) is 0 Å². The van der Waals surface area contributed by atoms with Crippen molar-refractivity contribution in [2.24, 2.45) is 0 Å². The van der Waals surface area contributed by atoms with Gasteiger partial charge in [-0.25, -0.2) is 4.79 Å². The van der Waals surface area contributed by atoms with E-state index >= 15 is 0 Å². The van der Waals surface area contributed by atoms with Gasteiger partial charge in [0.2, 0.25) is 0 Å². The predicted octanol–water partition coefficient (Wildman–Crippen LogP) is 2.91. The number of nitrogen functional groups attached to an aromatic ring is 1. The van der Waals surface area contributed by atoms with Crippen molar-refractivity contribution >= 4 is 28.0 Å². The third kappa shape index (κ3) is 3.15. The molecule has 0 saturated heterocycles. The van der Waals surface area contributed by atoms with Crippen LogP contribution in [0.3, 0.4) is 0 Å². The predicted molar refractivity (Wildman–Crippen MR) is 83.3 cm³/mol. The molecular weight excluding hydrogens is 286 g/mol. The maximum atomic E-state index is 11.6. The molecule has 1 aromatic carbocycles. The molecule has 3 N–H and O–H groups in total. The zero-order valence-corrected chi connectivity index (χ0v) is 12.6. The number of rotatable bonds is 4. The number of aryl methyl sites for hydroxylation is 1. The smallest absolute Gasteiger partial charge is 0.350 e. The molecule has 1 heterocycles. The van der Waals surface area contributed by atoms with Crippen LogP contribution in [0.4, 0.5) is 10.7 Å². The number of nitrogens with zero attached hydrogens (tertiary/aromatic N) is 1. The highest BCUT2D eigenvalue weighted by atomic mass is 32.1. The minimum Gasteiger partial charge on any atom is -0.465 e. The maximum absolute atomic E-state index is 11.6. The number of ether oxygens (including phenoxy) is 1. The number of esters is 1. The first-order chi connectivity index (χ1) is 10.1. The van der Waals surface area contributed by atoms with Crippen LogP contribution in [0.15, 0.2) is 24.3 Å². The number of nitriles is 1. The molecule has 0 saturated carbocycles. The Morgan fingerprint density at radius 3 is 2.67 bits per heavy atom. The number of hydrogen-bond donors (Lipinski definition) is 2. The standard InChI is InChI=1S/C15H15N3O2S/c1-9-3-5-10(6-4-9)8-18-14-11(7-16)12(17)13(21-14)15(19)20-2/h3-6,18H,8,17H2,1-2H3. The van der Waals surface area contributed by atoms with Crippen molar-refractivity contribution < 1.29 is 9.53 Å². The number of anilines is 2. The van der Waals surface area contributed by atoms with Crippen LogP contribution in [0.2, 0.25) is 0 Å². The molecule has 0 atom stereocenters. The topological polar surface area (TPSA) is 88.1 Å². The fourth-order valence-electron chi connectivity index (χ4n) is 1.81. The van der Waals surface area contributed by atoms with Gasteiger partial charge in [0.15, 0.2) is 0 Å². The second-order valence-corrected chi connectivity index (χ2v) is 5.51. The molecule has 0 amide bonds. The largest absolute Gasteiger partial charge is 0.465 e. The van der Waals surface area contributed by atoms with E-state index in [9.17, 15) is 10.1 Å². The number of hydrogen-bond acceptors (Lipinski definition) is 6. The third-order valence-electron chi connectivity index (χ3n) is 3.00. The summed E-state index contributed by atoms with van der Waals surface area (Å²) in [6, 6.07) is 10.1. The summed E-state index contributed by atoms with van der Waals surface area (Å²) in [5.41, 5.74) is 8.54. The Morgan fingerprint density at radius 1 is 1.43 bits per heavy atom. The summed E-state index contributed by atoms with van der Waals surface area (Å²) in [5, 5.41) is 12.9. The number of carbonyl (C=O) groups is 1. The van der Waals surface area contributed by atoms with Crippen molar-refractivity contribution in [3.05, 3.63) is 45.8 Å². The van der Waals surface area contributed by atoms with Crippen molar-refractivity contribution in [2.45, 2.75) is 13.5 Å². The lowest BCUT2D eigenvalue weighted by molar-refractivity contribution is 0.0607. The second-order valence-electron chi connectivity index (χ2n) is 4.49. The lowest BCUT2D eigenvalue weighted by atomic mass is 10.1. The highest BCUT2D eigenvalue weighted by Gasteiger charge is 2.21. The lowest BCUT2D eigenvalue weighted by Gasteiger charge is -2.05. The van der Waals surface area contributed by atoms with Crippen LogP contribution in [-0.2, 0) is 11.3 Å². The molecule has 0 spiro atoms. The molecular formula is C15H15N3O2S. The molecule has 2 rings (SSSR count).